The Morgan fingerprint density at radius 1 is 1.21 bits per heavy atom. The molecule has 1 N–H and O–H groups in total. The summed E-state index contributed by atoms with van der Waals surface area (Å²) < 4.78 is 39.0. The quantitative estimate of drug-likeness (QED) is 0.788. The SMILES string of the molecule is COC(=O)Nc1ccc(S(=O)(=O)N2CCC(Oc3cc(C)n(C)c(=O)c3)C2)cc1. The first-order chi connectivity index (χ1) is 13.7. The number of sulfonamides is 1. The summed E-state index contributed by atoms with van der Waals surface area (Å²) in [5, 5.41) is 2.47. The molecule has 1 aromatic heterocycles. The molecule has 1 amide bonds. The van der Waals surface area contributed by atoms with Gasteiger partial charge in [-0.15, -0.1) is 0 Å². The lowest BCUT2D eigenvalue weighted by Crippen LogP contribution is -2.31. The molecule has 0 aliphatic carbocycles. The first-order valence-corrected chi connectivity index (χ1v) is 10.4. The Morgan fingerprint density at radius 2 is 1.90 bits per heavy atom. The molecule has 0 saturated carbocycles. The minimum atomic E-state index is -3.69. The zero-order chi connectivity index (χ0) is 21.2. The Bertz CT molecular complexity index is 1060. The zero-order valence-corrected chi connectivity index (χ0v) is 17.2. The van der Waals surface area contributed by atoms with Crippen molar-refractivity contribution in [2.45, 2.75) is 24.3 Å². The van der Waals surface area contributed by atoms with E-state index in [9.17, 15) is 18.0 Å². The van der Waals surface area contributed by atoms with Gasteiger partial charge in [0.1, 0.15) is 11.9 Å². The molecule has 1 saturated heterocycles. The summed E-state index contributed by atoms with van der Waals surface area (Å²) in [5.74, 6) is 0.438. The Hall–Kier alpha value is -2.85. The monoisotopic (exact) mass is 421 g/mol. The second-order valence-electron chi connectivity index (χ2n) is 6.76. The number of nitrogens with one attached hydrogen (secondary N) is 1. The first-order valence-electron chi connectivity index (χ1n) is 9.00. The first kappa shape index (κ1) is 20.9. The van der Waals surface area contributed by atoms with Crippen LogP contribution in [0.5, 0.6) is 5.75 Å². The highest BCUT2D eigenvalue weighted by atomic mass is 32.2. The minimum Gasteiger partial charge on any atom is -0.489 e. The number of anilines is 1. The van der Waals surface area contributed by atoms with Gasteiger partial charge in [-0.2, -0.15) is 4.31 Å². The lowest BCUT2D eigenvalue weighted by molar-refractivity contribution is 0.187. The molecule has 1 unspecified atom stereocenters. The van der Waals surface area contributed by atoms with Crippen LogP contribution in [0.15, 0.2) is 46.1 Å². The summed E-state index contributed by atoms with van der Waals surface area (Å²) in [6, 6.07) is 9.01. The van der Waals surface area contributed by atoms with Crippen LogP contribution in [-0.2, 0) is 21.8 Å². The van der Waals surface area contributed by atoms with Gasteiger partial charge < -0.3 is 14.0 Å². The number of rotatable bonds is 5. The van der Waals surface area contributed by atoms with Gasteiger partial charge in [-0.1, -0.05) is 0 Å². The molecule has 1 aliphatic heterocycles. The third kappa shape index (κ3) is 4.60. The summed E-state index contributed by atoms with van der Waals surface area (Å²) in [7, 11) is -0.772. The van der Waals surface area contributed by atoms with Crippen molar-refractivity contribution >= 4 is 21.8 Å². The fourth-order valence-electron chi connectivity index (χ4n) is 3.04. The standard InChI is InChI=1S/C19H23N3O6S/c1-13-10-16(11-18(23)21(13)2)28-15-8-9-22(12-15)29(25,26)17-6-4-14(5-7-17)20-19(24)27-3/h4-7,10-11,15H,8-9,12H2,1-3H3,(H,20,24). The number of hydrogen-bond acceptors (Lipinski definition) is 6. The van der Waals surface area contributed by atoms with Crippen LogP contribution >= 0.6 is 0 Å². The smallest absolute Gasteiger partial charge is 0.411 e. The topological polar surface area (TPSA) is 107 Å². The summed E-state index contributed by atoms with van der Waals surface area (Å²) in [6.45, 7) is 2.32. The Labute approximate surface area is 168 Å². The predicted molar refractivity (Wildman–Crippen MR) is 107 cm³/mol. The lowest BCUT2D eigenvalue weighted by atomic mass is 10.3. The predicted octanol–water partition coefficient (Wildman–Crippen LogP) is 1.71. The number of ether oxygens (including phenoxy) is 2. The van der Waals surface area contributed by atoms with Crippen LogP contribution in [0.1, 0.15) is 12.1 Å². The second kappa shape index (κ2) is 8.26. The molecular formula is C19H23N3O6S. The maximum absolute atomic E-state index is 12.9. The number of pyridine rings is 1. The molecule has 3 rings (SSSR count). The maximum Gasteiger partial charge on any atom is 0.411 e. The van der Waals surface area contributed by atoms with Crippen LogP contribution in [0.25, 0.3) is 0 Å². The maximum atomic E-state index is 12.9. The van der Waals surface area contributed by atoms with Crippen LogP contribution in [0.4, 0.5) is 10.5 Å². The fraction of sp³-hybridized carbons (Fsp3) is 0.368. The van der Waals surface area contributed by atoms with Crippen molar-refractivity contribution < 1.29 is 22.7 Å². The lowest BCUT2D eigenvalue weighted by Gasteiger charge is -2.18. The number of hydrogen-bond donors (Lipinski definition) is 1. The molecule has 1 aliphatic rings. The highest BCUT2D eigenvalue weighted by Crippen LogP contribution is 2.25. The highest BCUT2D eigenvalue weighted by molar-refractivity contribution is 7.89. The van der Waals surface area contributed by atoms with Crippen LogP contribution in [-0.4, -0.2) is 49.7 Å². The molecule has 1 aromatic carbocycles. The summed E-state index contributed by atoms with van der Waals surface area (Å²) in [4.78, 5) is 23.2. The van der Waals surface area contributed by atoms with E-state index in [1.165, 1.54) is 46.3 Å². The van der Waals surface area contributed by atoms with Gasteiger partial charge in [0.15, 0.2) is 0 Å². The van der Waals surface area contributed by atoms with Crippen molar-refractivity contribution in [3.05, 3.63) is 52.4 Å². The number of amides is 1. The minimum absolute atomic E-state index is 0.123. The van der Waals surface area contributed by atoms with Gasteiger partial charge >= 0.3 is 6.09 Å². The average molecular weight is 421 g/mol. The molecule has 29 heavy (non-hydrogen) atoms. The fourth-order valence-corrected chi connectivity index (χ4v) is 4.52. The van der Waals surface area contributed by atoms with E-state index < -0.39 is 16.1 Å². The van der Waals surface area contributed by atoms with Gasteiger partial charge in [0.05, 0.1) is 18.6 Å². The summed E-state index contributed by atoms with van der Waals surface area (Å²) in [6.07, 6.45) is -0.446. The molecule has 1 fully saturated rings. The number of nitrogens with zero attached hydrogens (tertiary/aromatic N) is 2. The van der Waals surface area contributed by atoms with Crippen LogP contribution in [0.3, 0.4) is 0 Å². The van der Waals surface area contributed by atoms with E-state index in [-0.39, 0.29) is 23.1 Å². The number of carbonyl (C=O) groups excluding carboxylic acids is 1. The number of aryl methyl sites for hydroxylation is 1. The largest absolute Gasteiger partial charge is 0.489 e. The normalized spacial score (nSPS) is 17.1. The van der Waals surface area contributed by atoms with E-state index in [4.69, 9.17) is 4.74 Å². The average Bonchev–Trinajstić information content (AvgIpc) is 3.15. The number of carbonyl (C=O) groups is 1. The Kier molecular flexibility index (Phi) is 5.94. The molecule has 10 heteroatoms. The van der Waals surface area contributed by atoms with Gasteiger partial charge in [0.25, 0.3) is 5.56 Å². The van der Waals surface area contributed by atoms with Crippen molar-refractivity contribution in [3.63, 3.8) is 0 Å². The van der Waals surface area contributed by atoms with E-state index in [0.717, 1.165) is 5.69 Å². The highest BCUT2D eigenvalue weighted by Gasteiger charge is 2.33. The second-order valence-corrected chi connectivity index (χ2v) is 8.70. The molecule has 0 bridgehead atoms. The van der Waals surface area contributed by atoms with E-state index in [2.05, 4.69) is 10.1 Å². The molecule has 2 heterocycles. The molecule has 9 nitrogen and oxygen atoms in total. The molecule has 2 aromatic rings. The third-order valence-corrected chi connectivity index (χ3v) is 6.69. The van der Waals surface area contributed by atoms with Gasteiger partial charge in [-0.05, 0) is 43.7 Å². The van der Waals surface area contributed by atoms with E-state index in [1.807, 2.05) is 0 Å². The van der Waals surface area contributed by atoms with Crippen molar-refractivity contribution in [1.82, 2.24) is 8.87 Å². The summed E-state index contributed by atoms with van der Waals surface area (Å²) in [5.41, 5.74) is 1.01. The zero-order valence-electron chi connectivity index (χ0n) is 16.4. The van der Waals surface area contributed by atoms with Gasteiger partial charge in [0.2, 0.25) is 10.0 Å². The van der Waals surface area contributed by atoms with Crippen molar-refractivity contribution in [2.24, 2.45) is 7.05 Å². The van der Waals surface area contributed by atoms with Crippen LogP contribution in [0, 0.1) is 6.92 Å². The van der Waals surface area contributed by atoms with E-state index >= 15 is 0 Å². The van der Waals surface area contributed by atoms with E-state index in [1.54, 1.807) is 20.0 Å². The van der Waals surface area contributed by atoms with Crippen molar-refractivity contribution in [2.75, 3.05) is 25.5 Å². The van der Waals surface area contributed by atoms with Gasteiger partial charge in [0, 0.05) is 31.0 Å². The van der Waals surface area contributed by atoms with Gasteiger partial charge in [-0.25, -0.2) is 13.2 Å². The van der Waals surface area contributed by atoms with Crippen molar-refractivity contribution in [1.29, 1.82) is 0 Å². The van der Waals surface area contributed by atoms with Crippen LogP contribution < -0.4 is 15.6 Å². The van der Waals surface area contributed by atoms with Gasteiger partial charge in [-0.3, -0.25) is 10.1 Å². The summed E-state index contributed by atoms with van der Waals surface area (Å²) >= 11 is 0. The molecule has 0 spiro atoms. The Morgan fingerprint density at radius 3 is 2.52 bits per heavy atom. The Balaban J connectivity index is 1.68. The number of benzene rings is 1. The number of methoxy groups -OCH3 is 1. The van der Waals surface area contributed by atoms with E-state index in [0.29, 0.717) is 24.4 Å². The molecular weight excluding hydrogens is 398 g/mol. The molecule has 1 atom stereocenters. The molecule has 0 radical (unpaired) electrons. The van der Waals surface area contributed by atoms with Crippen molar-refractivity contribution in [3.8, 4) is 5.75 Å². The molecule has 156 valence electrons. The van der Waals surface area contributed by atoms with Crippen LogP contribution in [0.2, 0.25) is 0 Å². The number of aromatic nitrogens is 1. The third-order valence-electron chi connectivity index (χ3n) is 4.81.